The molecule has 1 saturated heterocycles. The van der Waals surface area contributed by atoms with E-state index in [-0.39, 0.29) is 0 Å². The molecule has 0 aromatic heterocycles. The Morgan fingerprint density at radius 3 is 2.72 bits per heavy atom. The van der Waals surface area contributed by atoms with E-state index in [0.717, 1.165) is 12.2 Å². The van der Waals surface area contributed by atoms with Gasteiger partial charge < -0.3 is 16.0 Å². The van der Waals surface area contributed by atoms with Gasteiger partial charge in [-0.1, -0.05) is 6.92 Å². The molecule has 1 aliphatic rings. The van der Waals surface area contributed by atoms with Crippen molar-refractivity contribution in [2.45, 2.75) is 26.7 Å². The fourth-order valence-corrected chi connectivity index (χ4v) is 2.64. The number of hydrogen-bond donors (Lipinski definition) is 2. The molecule has 0 spiro atoms. The number of nitrogens with one attached hydrogen (secondary N) is 1. The van der Waals surface area contributed by atoms with Gasteiger partial charge in [0, 0.05) is 24.5 Å². The van der Waals surface area contributed by atoms with Crippen molar-refractivity contribution in [3.63, 3.8) is 0 Å². The van der Waals surface area contributed by atoms with E-state index in [1.165, 1.54) is 43.7 Å². The van der Waals surface area contributed by atoms with E-state index < -0.39 is 0 Å². The molecule has 18 heavy (non-hydrogen) atoms. The minimum absolute atomic E-state index is 0.681. The molecule has 1 aromatic rings. The van der Waals surface area contributed by atoms with Crippen molar-refractivity contribution < 1.29 is 0 Å². The van der Waals surface area contributed by atoms with Crippen molar-refractivity contribution in [3.8, 4) is 0 Å². The summed E-state index contributed by atoms with van der Waals surface area (Å²) in [5, 5.41) is 3.53. The summed E-state index contributed by atoms with van der Waals surface area (Å²) in [4.78, 5) is 2.57. The Labute approximate surface area is 110 Å². The van der Waals surface area contributed by atoms with Crippen LogP contribution < -0.4 is 11.1 Å². The standard InChI is InChI=1S/C15H25N3/c1-12(11-18-7-3-4-8-18)10-17-15-6-5-14(16)9-13(15)2/h5-6,9,12,17H,3-4,7-8,10-11,16H2,1-2H3. The molecule has 0 amide bonds. The first-order valence-corrected chi connectivity index (χ1v) is 6.97. The van der Waals surface area contributed by atoms with Crippen LogP contribution in [0.4, 0.5) is 11.4 Å². The third-order valence-corrected chi connectivity index (χ3v) is 3.66. The van der Waals surface area contributed by atoms with Crippen LogP contribution in [0.25, 0.3) is 0 Å². The number of anilines is 2. The van der Waals surface area contributed by atoms with Gasteiger partial charge in [0.1, 0.15) is 0 Å². The van der Waals surface area contributed by atoms with Crippen LogP contribution in [0.15, 0.2) is 18.2 Å². The summed E-state index contributed by atoms with van der Waals surface area (Å²) in [5.74, 6) is 0.681. The van der Waals surface area contributed by atoms with Crippen molar-refractivity contribution in [1.29, 1.82) is 0 Å². The molecule has 1 unspecified atom stereocenters. The average Bonchev–Trinajstić information content (AvgIpc) is 2.80. The number of likely N-dealkylation sites (tertiary alicyclic amines) is 1. The summed E-state index contributed by atoms with van der Waals surface area (Å²) in [6.45, 7) is 9.22. The van der Waals surface area contributed by atoms with E-state index in [4.69, 9.17) is 5.73 Å². The maximum Gasteiger partial charge on any atom is 0.0371 e. The van der Waals surface area contributed by atoms with Gasteiger partial charge in [-0.05, 0) is 62.5 Å². The third kappa shape index (κ3) is 3.64. The Hall–Kier alpha value is -1.22. The smallest absolute Gasteiger partial charge is 0.0371 e. The van der Waals surface area contributed by atoms with Gasteiger partial charge >= 0.3 is 0 Å². The van der Waals surface area contributed by atoms with E-state index in [1.54, 1.807) is 0 Å². The summed E-state index contributed by atoms with van der Waals surface area (Å²) in [6, 6.07) is 6.06. The molecule has 3 nitrogen and oxygen atoms in total. The fourth-order valence-electron chi connectivity index (χ4n) is 2.64. The van der Waals surface area contributed by atoms with E-state index in [0.29, 0.717) is 5.92 Å². The highest BCUT2D eigenvalue weighted by molar-refractivity contribution is 5.57. The quantitative estimate of drug-likeness (QED) is 0.786. The Morgan fingerprint density at radius 1 is 1.33 bits per heavy atom. The summed E-state index contributed by atoms with van der Waals surface area (Å²) in [7, 11) is 0. The van der Waals surface area contributed by atoms with Crippen LogP contribution in [-0.2, 0) is 0 Å². The first kappa shape index (κ1) is 13.2. The topological polar surface area (TPSA) is 41.3 Å². The molecule has 0 radical (unpaired) electrons. The Bertz CT molecular complexity index is 383. The van der Waals surface area contributed by atoms with Crippen molar-refractivity contribution in [3.05, 3.63) is 23.8 Å². The molecule has 1 fully saturated rings. The van der Waals surface area contributed by atoms with Gasteiger partial charge in [-0.25, -0.2) is 0 Å². The fraction of sp³-hybridized carbons (Fsp3) is 0.600. The number of nitrogens with zero attached hydrogens (tertiary/aromatic N) is 1. The number of nitrogen functional groups attached to an aromatic ring is 1. The molecule has 3 N–H and O–H groups in total. The number of nitrogens with two attached hydrogens (primary N) is 1. The Morgan fingerprint density at radius 2 is 2.06 bits per heavy atom. The van der Waals surface area contributed by atoms with Crippen molar-refractivity contribution >= 4 is 11.4 Å². The molecule has 1 atom stereocenters. The van der Waals surface area contributed by atoms with Gasteiger partial charge in [0.2, 0.25) is 0 Å². The molecule has 1 aliphatic heterocycles. The first-order chi connectivity index (χ1) is 8.65. The molecule has 0 bridgehead atoms. The van der Waals surface area contributed by atoms with Crippen LogP contribution in [0.1, 0.15) is 25.3 Å². The van der Waals surface area contributed by atoms with Crippen molar-refractivity contribution in [2.24, 2.45) is 5.92 Å². The summed E-state index contributed by atoms with van der Waals surface area (Å²) in [6.07, 6.45) is 2.74. The normalized spacial score (nSPS) is 17.9. The van der Waals surface area contributed by atoms with Crippen molar-refractivity contribution in [1.82, 2.24) is 4.90 Å². The van der Waals surface area contributed by atoms with Gasteiger partial charge in [0.05, 0.1) is 0 Å². The van der Waals surface area contributed by atoms with Gasteiger partial charge in [-0.2, -0.15) is 0 Å². The third-order valence-electron chi connectivity index (χ3n) is 3.66. The lowest BCUT2D eigenvalue weighted by Gasteiger charge is -2.21. The SMILES string of the molecule is Cc1cc(N)ccc1NCC(C)CN1CCCC1. The molecule has 0 saturated carbocycles. The number of rotatable bonds is 5. The van der Waals surface area contributed by atoms with E-state index in [9.17, 15) is 0 Å². The molecular weight excluding hydrogens is 222 g/mol. The maximum absolute atomic E-state index is 5.76. The largest absolute Gasteiger partial charge is 0.399 e. The van der Waals surface area contributed by atoms with Crippen LogP contribution in [0.2, 0.25) is 0 Å². The Balaban J connectivity index is 1.79. The number of hydrogen-bond acceptors (Lipinski definition) is 3. The zero-order valence-electron chi connectivity index (χ0n) is 11.6. The summed E-state index contributed by atoms with van der Waals surface area (Å²) in [5.41, 5.74) is 9.03. The molecular formula is C15H25N3. The van der Waals surface area contributed by atoms with Crippen LogP contribution in [0, 0.1) is 12.8 Å². The number of aryl methyl sites for hydroxylation is 1. The molecule has 3 heteroatoms. The highest BCUT2D eigenvalue weighted by Crippen LogP contribution is 2.18. The highest BCUT2D eigenvalue weighted by atomic mass is 15.1. The molecule has 1 aromatic carbocycles. The van der Waals surface area contributed by atoms with Crippen LogP contribution in [0.3, 0.4) is 0 Å². The molecule has 1 heterocycles. The second-order valence-corrected chi connectivity index (χ2v) is 5.57. The predicted molar refractivity (Wildman–Crippen MR) is 78.9 cm³/mol. The summed E-state index contributed by atoms with van der Waals surface area (Å²) < 4.78 is 0. The average molecular weight is 247 g/mol. The van der Waals surface area contributed by atoms with E-state index in [2.05, 4.69) is 30.1 Å². The predicted octanol–water partition coefficient (Wildman–Crippen LogP) is 2.72. The van der Waals surface area contributed by atoms with Gasteiger partial charge in [-0.15, -0.1) is 0 Å². The van der Waals surface area contributed by atoms with E-state index in [1.807, 2.05) is 12.1 Å². The van der Waals surface area contributed by atoms with Gasteiger partial charge in [0.25, 0.3) is 0 Å². The first-order valence-electron chi connectivity index (χ1n) is 6.97. The summed E-state index contributed by atoms with van der Waals surface area (Å²) >= 11 is 0. The zero-order valence-corrected chi connectivity index (χ0v) is 11.6. The van der Waals surface area contributed by atoms with Crippen LogP contribution in [0.5, 0.6) is 0 Å². The minimum atomic E-state index is 0.681. The van der Waals surface area contributed by atoms with E-state index >= 15 is 0 Å². The highest BCUT2D eigenvalue weighted by Gasteiger charge is 2.14. The minimum Gasteiger partial charge on any atom is -0.399 e. The number of benzene rings is 1. The molecule has 0 aliphatic carbocycles. The Kier molecular flexibility index (Phi) is 4.48. The van der Waals surface area contributed by atoms with Crippen LogP contribution >= 0.6 is 0 Å². The lowest BCUT2D eigenvalue weighted by Crippen LogP contribution is -2.28. The zero-order chi connectivity index (χ0) is 13.0. The second-order valence-electron chi connectivity index (χ2n) is 5.57. The van der Waals surface area contributed by atoms with Gasteiger partial charge in [0.15, 0.2) is 0 Å². The molecule has 2 rings (SSSR count). The lowest BCUT2D eigenvalue weighted by molar-refractivity contribution is 0.294. The van der Waals surface area contributed by atoms with Crippen molar-refractivity contribution in [2.75, 3.05) is 37.2 Å². The maximum atomic E-state index is 5.76. The van der Waals surface area contributed by atoms with Crippen LogP contribution in [-0.4, -0.2) is 31.1 Å². The lowest BCUT2D eigenvalue weighted by atomic mass is 10.1. The van der Waals surface area contributed by atoms with Gasteiger partial charge in [-0.3, -0.25) is 0 Å². The monoisotopic (exact) mass is 247 g/mol. The second kappa shape index (κ2) is 6.10. The molecule has 100 valence electrons.